The van der Waals surface area contributed by atoms with Crippen LogP contribution in [0.5, 0.6) is 5.75 Å². The number of non-ortho nitro benzene ring substituents is 1. The summed E-state index contributed by atoms with van der Waals surface area (Å²) < 4.78 is 0. The Hall–Kier alpha value is -2.53. The van der Waals surface area contributed by atoms with E-state index in [4.69, 9.17) is 16.7 Å². The van der Waals surface area contributed by atoms with Gasteiger partial charge in [-0.3, -0.25) is 30.3 Å². The molecule has 1 heterocycles. The minimum absolute atomic E-state index is 0.185. The SMILES string of the molecule is CN1CC[C@]2(Cl)CCCCC2C1.O=[N+]([O-])c1cc([N+](=O)[O-])c(O)c([N+](=O)[O-])c1. The molecule has 1 N–H and O–H groups in total. The number of fused-ring (bicyclic) bond motifs is 1. The number of phenolic OH excluding ortho intramolecular Hbond substituents is 1. The van der Waals surface area contributed by atoms with Gasteiger partial charge in [0.15, 0.2) is 0 Å². The highest BCUT2D eigenvalue weighted by atomic mass is 35.5. The van der Waals surface area contributed by atoms with Crippen molar-refractivity contribution in [3.63, 3.8) is 0 Å². The molecule has 0 bridgehead atoms. The number of aromatic hydroxyl groups is 1. The summed E-state index contributed by atoms with van der Waals surface area (Å²) in [5, 5.41) is 40.2. The lowest BCUT2D eigenvalue weighted by atomic mass is 9.74. The normalized spacial score (nSPS) is 24.4. The average molecular weight is 417 g/mol. The molecule has 1 aromatic carbocycles. The topological polar surface area (TPSA) is 153 Å². The second kappa shape index (κ2) is 8.65. The van der Waals surface area contributed by atoms with Gasteiger partial charge >= 0.3 is 11.4 Å². The number of nitrogens with zero attached hydrogens (tertiary/aromatic N) is 4. The fourth-order valence-electron chi connectivity index (χ4n) is 3.67. The maximum absolute atomic E-state index is 10.4. The molecular formula is C16H21ClN4O7. The van der Waals surface area contributed by atoms with Crippen molar-refractivity contribution in [2.45, 2.75) is 37.0 Å². The van der Waals surface area contributed by atoms with Gasteiger partial charge in [0.25, 0.3) is 11.4 Å². The first kappa shape index (κ1) is 21.8. The molecule has 1 saturated carbocycles. The molecule has 0 aromatic heterocycles. The van der Waals surface area contributed by atoms with Crippen molar-refractivity contribution in [1.82, 2.24) is 4.90 Å². The summed E-state index contributed by atoms with van der Waals surface area (Å²) in [5.74, 6) is -0.438. The van der Waals surface area contributed by atoms with E-state index in [1.54, 1.807) is 0 Å². The number of rotatable bonds is 3. The fraction of sp³-hybridized carbons (Fsp3) is 0.625. The molecule has 1 aliphatic carbocycles. The molecule has 3 rings (SSSR count). The third-order valence-corrected chi connectivity index (χ3v) is 5.91. The molecule has 1 aromatic rings. The Morgan fingerprint density at radius 3 is 2.14 bits per heavy atom. The van der Waals surface area contributed by atoms with Crippen LogP contribution in [0.15, 0.2) is 12.1 Å². The highest BCUT2D eigenvalue weighted by molar-refractivity contribution is 6.24. The Labute approximate surface area is 165 Å². The summed E-state index contributed by atoms with van der Waals surface area (Å²) in [6, 6.07) is 0.894. The maximum atomic E-state index is 10.4. The van der Waals surface area contributed by atoms with Gasteiger partial charge in [0.2, 0.25) is 0 Å². The van der Waals surface area contributed by atoms with Crippen LogP contribution in [0.3, 0.4) is 0 Å². The predicted octanol–water partition coefficient (Wildman–Crippen LogP) is 3.61. The number of phenols is 1. The number of likely N-dealkylation sites (tertiary alicyclic amines) is 1. The Bertz CT molecular complexity index is 755. The fourth-order valence-corrected chi connectivity index (χ4v) is 4.07. The van der Waals surface area contributed by atoms with Crippen molar-refractivity contribution < 1.29 is 19.9 Å². The first-order valence-corrected chi connectivity index (χ1v) is 9.10. The summed E-state index contributed by atoms with van der Waals surface area (Å²) in [4.78, 5) is 30.4. The van der Waals surface area contributed by atoms with Crippen LogP contribution < -0.4 is 0 Å². The predicted molar refractivity (Wildman–Crippen MR) is 101 cm³/mol. The van der Waals surface area contributed by atoms with Gasteiger partial charge < -0.3 is 10.0 Å². The molecule has 28 heavy (non-hydrogen) atoms. The molecule has 2 fully saturated rings. The van der Waals surface area contributed by atoms with Crippen LogP contribution in [0.2, 0.25) is 0 Å². The van der Waals surface area contributed by atoms with Crippen LogP contribution in [0.4, 0.5) is 17.1 Å². The van der Waals surface area contributed by atoms with Crippen molar-refractivity contribution in [1.29, 1.82) is 0 Å². The van der Waals surface area contributed by atoms with E-state index in [9.17, 15) is 30.3 Å². The monoisotopic (exact) mass is 416 g/mol. The van der Waals surface area contributed by atoms with Crippen molar-refractivity contribution in [2.75, 3.05) is 20.1 Å². The molecule has 12 heteroatoms. The van der Waals surface area contributed by atoms with Crippen molar-refractivity contribution in [3.05, 3.63) is 42.5 Å². The van der Waals surface area contributed by atoms with E-state index in [0.717, 1.165) is 5.92 Å². The molecule has 2 atom stereocenters. The number of halogens is 1. The van der Waals surface area contributed by atoms with Gasteiger partial charge in [-0.25, -0.2) is 0 Å². The third kappa shape index (κ3) is 4.84. The molecule has 2 aliphatic rings. The lowest BCUT2D eigenvalue weighted by Crippen LogP contribution is -2.48. The lowest BCUT2D eigenvalue weighted by Gasteiger charge is -2.46. The zero-order valence-electron chi connectivity index (χ0n) is 15.2. The Kier molecular flexibility index (Phi) is 6.73. The van der Waals surface area contributed by atoms with Crippen LogP contribution in [-0.2, 0) is 0 Å². The highest BCUT2D eigenvalue weighted by Crippen LogP contribution is 2.44. The van der Waals surface area contributed by atoms with Gasteiger partial charge in [0.05, 0.1) is 26.9 Å². The number of benzene rings is 1. The molecule has 1 aliphatic heterocycles. The molecule has 0 spiro atoms. The van der Waals surface area contributed by atoms with Gasteiger partial charge in [-0.05, 0) is 38.8 Å². The first-order chi connectivity index (χ1) is 13.0. The Balaban J connectivity index is 0.000000207. The number of piperidine rings is 1. The third-order valence-electron chi connectivity index (χ3n) is 5.23. The van der Waals surface area contributed by atoms with Crippen molar-refractivity contribution >= 4 is 28.7 Å². The van der Waals surface area contributed by atoms with Gasteiger partial charge in [-0.15, -0.1) is 11.6 Å². The quantitative estimate of drug-likeness (QED) is 0.445. The standard InChI is InChI=1S/C10H18ClN.C6H3N3O7/c1-12-7-6-10(11)5-3-2-4-9(10)8-12;10-6-4(8(13)14)1-3(7(11)12)2-5(6)9(15)16/h9H,2-8H2,1H3;1-2,10H/t9?,10-;/m1./s1. The second-order valence-corrected chi connectivity index (χ2v) is 7.85. The van der Waals surface area contributed by atoms with Crippen molar-refractivity contribution in [2.24, 2.45) is 5.92 Å². The molecule has 1 saturated heterocycles. The van der Waals surface area contributed by atoms with Crippen LogP contribution in [-0.4, -0.2) is 49.8 Å². The zero-order chi connectivity index (χ0) is 21.1. The van der Waals surface area contributed by atoms with E-state index < -0.39 is 37.6 Å². The van der Waals surface area contributed by atoms with Gasteiger partial charge in [-0.2, -0.15) is 0 Å². The van der Waals surface area contributed by atoms with Gasteiger partial charge in [0, 0.05) is 11.4 Å². The summed E-state index contributed by atoms with van der Waals surface area (Å²) in [7, 11) is 2.21. The minimum Gasteiger partial charge on any atom is -0.497 e. The van der Waals surface area contributed by atoms with E-state index in [1.807, 2.05) is 0 Å². The number of hydrogen-bond donors (Lipinski definition) is 1. The van der Waals surface area contributed by atoms with Gasteiger partial charge in [0.1, 0.15) is 0 Å². The van der Waals surface area contributed by atoms with Crippen LogP contribution in [0.1, 0.15) is 32.1 Å². The number of alkyl halides is 1. The largest absolute Gasteiger partial charge is 0.497 e. The van der Waals surface area contributed by atoms with E-state index in [1.165, 1.54) is 45.2 Å². The minimum atomic E-state index is -1.21. The summed E-state index contributed by atoms with van der Waals surface area (Å²) in [6.07, 6.45) is 6.56. The lowest BCUT2D eigenvalue weighted by molar-refractivity contribution is -0.404. The smallest absolute Gasteiger partial charge is 0.324 e. The van der Waals surface area contributed by atoms with Gasteiger partial charge in [-0.1, -0.05) is 12.8 Å². The molecular weight excluding hydrogens is 396 g/mol. The zero-order valence-corrected chi connectivity index (χ0v) is 16.0. The summed E-state index contributed by atoms with van der Waals surface area (Å²) in [5.41, 5.74) is -3.00. The van der Waals surface area contributed by atoms with E-state index >= 15 is 0 Å². The number of nitro benzene ring substituents is 3. The average Bonchev–Trinajstić information content (AvgIpc) is 2.62. The van der Waals surface area contributed by atoms with Crippen LogP contribution in [0.25, 0.3) is 0 Å². The molecule has 11 nitrogen and oxygen atoms in total. The maximum Gasteiger partial charge on any atom is 0.324 e. The molecule has 0 radical (unpaired) electrons. The number of hydrogen-bond acceptors (Lipinski definition) is 8. The highest BCUT2D eigenvalue weighted by Gasteiger charge is 2.41. The Morgan fingerprint density at radius 2 is 1.64 bits per heavy atom. The molecule has 154 valence electrons. The van der Waals surface area contributed by atoms with Crippen molar-refractivity contribution in [3.8, 4) is 5.75 Å². The Morgan fingerprint density at radius 1 is 1.07 bits per heavy atom. The van der Waals surface area contributed by atoms with Crippen LogP contribution >= 0.6 is 11.6 Å². The van der Waals surface area contributed by atoms with E-state index in [-0.39, 0.29) is 4.87 Å². The molecule has 1 unspecified atom stereocenters. The van der Waals surface area contributed by atoms with Crippen LogP contribution in [0, 0.1) is 36.3 Å². The van der Waals surface area contributed by atoms with E-state index in [0.29, 0.717) is 12.1 Å². The van der Waals surface area contributed by atoms with E-state index in [2.05, 4.69) is 11.9 Å². The summed E-state index contributed by atoms with van der Waals surface area (Å²) in [6.45, 7) is 2.42. The summed E-state index contributed by atoms with van der Waals surface area (Å²) >= 11 is 6.62. The number of nitro groups is 3. The molecule has 0 amide bonds. The first-order valence-electron chi connectivity index (χ1n) is 8.73. The second-order valence-electron chi connectivity index (χ2n) is 7.09.